The fourth-order valence-corrected chi connectivity index (χ4v) is 3.98. The zero-order chi connectivity index (χ0) is 17.1. The van der Waals surface area contributed by atoms with Crippen molar-refractivity contribution in [2.45, 2.75) is 38.6 Å². The smallest absolute Gasteiger partial charge is 0.257 e. The average molecular weight is 334 g/mol. The zero-order valence-corrected chi connectivity index (χ0v) is 14.5. The Kier molecular flexibility index (Phi) is 5.23. The minimum Gasteiger partial charge on any atom is -0.469 e. The normalized spacial score (nSPS) is 24.2. The van der Waals surface area contributed by atoms with Crippen molar-refractivity contribution < 1.29 is 18.7 Å². The van der Waals surface area contributed by atoms with E-state index < -0.39 is 0 Å². The SMILES string of the molecule is COCCCN1C(=O)CCC2CN(C(=O)c3ccoc3C)CCC21. The number of amides is 2. The second-order valence-corrected chi connectivity index (χ2v) is 6.73. The van der Waals surface area contributed by atoms with Gasteiger partial charge in [-0.3, -0.25) is 9.59 Å². The number of rotatable bonds is 5. The Morgan fingerprint density at radius 3 is 2.96 bits per heavy atom. The highest BCUT2D eigenvalue weighted by Gasteiger charge is 2.40. The largest absolute Gasteiger partial charge is 0.469 e. The minimum atomic E-state index is 0.0440. The molecule has 1 aromatic heterocycles. The molecule has 0 N–H and O–H groups in total. The van der Waals surface area contributed by atoms with Crippen LogP contribution in [0.2, 0.25) is 0 Å². The first-order valence-electron chi connectivity index (χ1n) is 8.73. The van der Waals surface area contributed by atoms with Crippen molar-refractivity contribution in [2.24, 2.45) is 5.92 Å². The number of carbonyl (C=O) groups excluding carboxylic acids is 2. The summed E-state index contributed by atoms with van der Waals surface area (Å²) in [5, 5.41) is 0. The van der Waals surface area contributed by atoms with Crippen LogP contribution in [0.15, 0.2) is 16.7 Å². The number of fused-ring (bicyclic) bond motifs is 1. The van der Waals surface area contributed by atoms with Crippen LogP contribution in [-0.2, 0) is 9.53 Å². The van der Waals surface area contributed by atoms with E-state index in [4.69, 9.17) is 9.15 Å². The summed E-state index contributed by atoms with van der Waals surface area (Å²) in [7, 11) is 1.68. The molecule has 1 aromatic rings. The lowest BCUT2D eigenvalue weighted by Crippen LogP contribution is -2.57. The zero-order valence-electron chi connectivity index (χ0n) is 14.5. The topological polar surface area (TPSA) is 63.0 Å². The lowest BCUT2D eigenvalue weighted by Gasteiger charge is -2.47. The standard InChI is InChI=1S/C18H26N2O4/c1-13-15(7-11-24-13)18(22)19-9-6-16-14(12-19)4-5-17(21)20(16)8-3-10-23-2/h7,11,14,16H,3-6,8-10,12H2,1-2H3. The molecular weight excluding hydrogens is 308 g/mol. The number of methoxy groups -OCH3 is 1. The summed E-state index contributed by atoms with van der Waals surface area (Å²) in [6.07, 6.45) is 4.74. The molecule has 3 heterocycles. The average Bonchev–Trinajstić information content (AvgIpc) is 3.02. The molecule has 0 spiro atoms. The van der Waals surface area contributed by atoms with Gasteiger partial charge in [0.1, 0.15) is 5.76 Å². The molecule has 0 saturated carbocycles. The number of hydrogen-bond donors (Lipinski definition) is 0. The molecule has 6 heteroatoms. The van der Waals surface area contributed by atoms with Crippen LogP contribution in [-0.4, -0.2) is 61.0 Å². The van der Waals surface area contributed by atoms with Gasteiger partial charge in [0.05, 0.1) is 11.8 Å². The van der Waals surface area contributed by atoms with Crippen molar-refractivity contribution in [1.29, 1.82) is 0 Å². The quantitative estimate of drug-likeness (QED) is 0.774. The molecular formula is C18H26N2O4. The second kappa shape index (κ2) is 7.38. The van der Waals surface area contributed by atoms with E-state index in [-0.39, 0.29) is 17.9 Å². The van der Waals surface area contributed by atoms with E-state index >= 15 is 0 Å². The molecule has 2 aliphatic rings. The van der Waals surface area contributed by atoms with Gasteiger partial charge in [0, 0.05) is 45.8 Å². The van der Waals surface area contributed by atoms with E-state index in [0.717, 1.165) is 32.4 Å². The summed E-state index contributed by atoms with van der Waals surface area (Å²) in [5.41, 5.74) is 0.650. The van der Waals surface area contributed by atoms with Gasteiger partial charge in [-0.2, -0.15) is 0 Å². The van der Waals surface area contributed by atoms with Gasteiger partial charge >= 0.3 is 0 Å². The fourth-order valence-electron chi connectivity index (χ4n) is 3.98. The maximum Gasteiger partial charge on any atom is 0.257 e. The van der Waals surface area contributed by atoms with Crippen molar-refractivity contribution in [1.82, 2.24) is 9.80 Å². The fraction of sp³-hybridized carbons (Fsp3) is 0.667. The number of hydrogen-bond acceptors (Lipinski definition) is 4. The molecule has 24 heavy (non-hydrogen) atoms. The molecule has 6 nitrogen and oxygen atoms in total. The van der Waals surface area contributed by atoms with Gasteiger partial charge in [-0.1, -0.05) is 0 Å². The first kappa shape index (κ1) is 17.0. The van der Waals surface area contributed by atoms with E-state index in [9.17, 15) is 9.59 Å². The third-order valence-electron chi connectivity index (χ3n) is 5.27. The highest BCUT2D eigenvalue weighted by Crippen LogP contribution is 2.32. The lowest BCUT2D eigenvalue weighted by molar-refractivity contribution is -0.140. The Balaban J connectivity index is 1.65. The van der Waals surface area contributed by atoms with Crippen LogP contribution in [0.1, 0.15) is 41.8 Å². The summed E-state index contributed by atoms with van der Waals surface area (Å²) in [6, 6.07) is 2.00. The Hall–Kier alpha value is -1.82. The molecule has 132 valence electrons. The number of piperidine rings is 2. The van der Waals surface area contributed by atoms with E-state index in [2.05, 4.69) is 0 Å². The third-order valence-corrected chi connectivity index (χ3v) is 5.27. The van der Waals surface area contributed by atoms with Crippen LogP contribution in [0.5, 0.6) is 0 Å². The van der Waals surface area contributed by atoms with Crippen LogP contribution >= 0.6 is 0 Å². The lowest BCUT2D eigenvalue weighted by atomic mass is 9.83. The Morgan fingerprint density at radius 1 is 1.42 bits per heavy atom. The third kappa shape index (κ3) is 3.34. The molecule has 0 radical (unpaired) electrons. The summed E-state index contributed by atoms with van der Waals surface area (Å²) in [4.78, 5) is 28.9. The minimum absolute atomic E-state index is 0.0440. The number of aryl methyl sites for hydroxylation is 1. The Bertz CT molecular complexity index is 598. The molecule has 2 unspecified atom stereocenters. The molecule has 2 saturated heterocycles. The van der Waals surface area contributed by atoms with Crippen LogP contribution in [0.3, 0.4) is 0 Å². The van der Waals surface area contributed by atoms with Gasteiger partial charge in [-0.15, -0.1) is 0 Å². The second-order valence-electron chi connectivity index (χ2n) is 6.73. The Labute approximate surface area is 142 Å². The van der Waals surface area contributed by atoms with Crippen LogP contribution in [0, 0.1) is 12.8 Å². The van der Waals surface area contributed by atoms with E-state index in [1.165, 1.54) is 0 Å². The molecule has 2 aliphatic heterocycles. The van der Waals surface area contributed by atoms with E-state index in [1.54, 1.807) is 19.4 Å². The molecule has 3 rings (SSSR count). The summed E-state index contributed by atoms with van der Waals surface area (Å²) in [5.74, 6) is 1.33. The number of carbonyl (C=O) groups is 2. The maximum atomic E-state index is 12.7. The van der Waals surface area contributed by atoms with Gasteiger partial charge < -0.3 is 19.0 Å². The van der Waals surface area contributed by atoms with Gasteiger partial charge in [-0.25, -0.2) is 0 Å². The van der Waals surface area contributed by atoms with Crippen molar-refractivity contribution in [3.8, 4) is 0 Å². The number of likely N-dealkylation sites (tertiary alicyclic amines) is 2. The van der Waals surface area contributed by atoms with Crippen LogP contribution < -0.4 is 0 Å². The first-order chi connectivity index (χ1) is 11.6. The van der Waals surface area contributed by atoms with Crippen LogP contribution in [0.25, 0.3) is 0 Å². The van der Waals surface area contributed by atoms with Crippen molar-refractivity contribution in [3.63, 3.8) is 0 Å². The summed E-state index contributed by atoms with van der Waals surface area (Å²) in [6.45, 7) is 4.66. The van der Waals surface area contributed by atoms with E-state index in [1.807, 2.05) is 16.7 Å². The molecule has 0 bridgehead atoms. The predicted molar refractivity (Wildman–Crippen MR) is 88.7 cm³/mol. The van der Waals surface area contributed by atoms with Gasteiger partial charge in [0.15, 0.2) is 0 Å². The van der Waals surface area contributed by atoms with Crippen molar-refractivity contribution in [3.05, 3.63) is 23.7 Å². The predicted octanol–water partition coefficient (Wildman–Crippen LogP) is 2.08. The first-order valence-corrected chi connectivity index (χ1v) is 8.73. The van der Waals surface area contributed by atoms with Gasteiger partial charge in [-0.05, 0) is 38.2 Å². The number of furan rings is 1. The van der Waals surface area contributed by atoms with Crippen molar-refractivity contribution >= 4 is 11.8 Å². The molecule has 2 fully saturated rings. The monoisotopic (exact) mass is 334 g/mol. The van der Waals surface area contributed by atoms with Gasteiger partial charge in [0.25, 0.3) is 5.91 Å². The summed E-state index contributed by atoms with van der Waals surface area (Å²) >= 11 is 0. The highest BCUT2D eigenvalue weighted by atomic mass is 16.5. The summed E-state index contributed by atoms with van der Waals surface area (Å²) < 4.78 is 10.4. The van der Waals surface area contributed by atoms with Gasteiger partial charge in [0.2, 0.25) is 5.91 Å². The van der Waals surface area contributed by atoms with Crippen LogP contribution in [0.4, 0.5) is 0 Å². The van der Waals surface area contributed by atoms with Crippen molar-refractivity contribution in [2.75, 3.05) is 33.4 Å². The highest BCUT2D eigenvalue weighted by molar-refractivity contribution is 5.95. The number of ether oxygens (including phenoxy) is 1. The molecule has 0 aliphatic carbocycles. The maximum absolute atomic E-state index is 12.7. The van der Waals surface area contributed by atoms with E-state index in [0.29, 0.717) is 36.8 Å². The molecule has 0 aromatic carbocycles. The molecule has 2 atom stereocenters. The number of nitrogens with zero attached hydrogens (tertiary/aromatic N) is 2. The molecule has 2 amide bonds. The Morgan fingerprint density at radius 2 is 2.25 bits per heavy atom.